The van der Waals surface area contributed by atoms with E-state index in [1.54, 1.807) is 13.8 Å². The summed E-state index contributed by atoms with van der Waals surface area (Å²) >= 11 is 0. The molecule has 0 aliphatic rings. The zero-order valence-electron chi connectivity index (χ0n) is 9.77. The van der Waals surface area contributed by atoms with Gasteiger partial charge in [0.15, 0.2) is 5.76 Å². The minimum atomic E-state index is -1.06. The highest BCUT2D eigenvalue weighted by atomic mass is 16.5. The van der Waals surface area contributed by atoms with E-state index in [1.165, 1.54) is 0 Å². The molecule has 0 aliphatic carbocycles. The first kappa shape index (κ1) is 11.4. The van der Waals surface area contributed by atoms with E-state index in [0.717, 1.165) is 0 Å². The first-order valence-electron chi connectivity index (χ1n) is 5.21. The van der Waals surface area contributed by atoms with Crippen molar-refractivity contribution >= 4 is 5.97 Å². The van der Waals surface area contributed by atoms with Crippen LogP contribution in [0.25, 0.3) is 11.3 Å². The fourth-order valence-corrected chi connectivity index (χ4v) is 1.78. The number of nitrogens with zero attached hydrogens (tertiary/aromatic N) is 2. The quantitative estimate of drug-likeness (QED) is 0.878. The molecule has 90 valence electrons. The second-order valence-electron chi connectivity index (χ2n) is 3.69. The van der Waals surface area contributed by atoms with Crippen LogP contribution in [0.2, 0.25) is 0 Å². The van der Waals surface area contributed by atoms with Crippen LogP contribution in [0.4, 0.5) is 0 Å². The van der Waals surface area contributed by atoms with Gasteiger partial charge in [0.1, 0.15) is 17.0 Å². The predicted octanol–water partition coefficient (Wildman–Crippen LogP) is 2.21. The van der Waals surface area contributed by atoms with Crippen LogP contribution >= 0.6 is 0 Å². The normalized spacial score (nSPS) is 10.8. The second-order valence-corrected chi connectivity index (χ2v) is 3.69. The van der Waals surface area contributed by atoms with Crippen LogP contribution in [0, 0.1) is 13.8 Å². The first-order chi connectivity index (χ1) is 8.06. The van der Waals surface area contributed by atoms with Crippen molar-refractivity contribution in [3.8, 4) is 11.3 Å². The Bertz CT molecular complexity index is 549. The molecule has 0 aliphatic heterocycles. The smallest absolute Gasteiger partial charge is 0.341 e. The molecule has 0 aromatic carbocycles. The van der Waals surface area contributed by atoms with Crippen molar-refractivity contribution in [3.63, 3.8) is 0 Å². The van der Waals surface area contributed by atoms with Gasteiger partial charge in [-0.2, -0.15) is 0 Å². The van der Waals surface area contributed by atoms with Gasteiger partial charge in [0, 0.05) is 6.42 Å². The molecule has 0 radical (unpaired) electrons. The number of carboxylic acid groups (broad SMARTS) is 1. The summed E-state index contributed by atoms with van der Waals surface area (Å²) < 4.78 is 10.0. The van der Waals surface area contributed by atoms with Crippen LogP contribution in [0.5, 0.6) is 0 Å². The SMILES string of the molecule is CCc1onc(-c2c(C)noc2C)c1C(=O)O. The predicted molar refractivity (Wildman–Crippen MR) is 57.8 cm³/mol. The molecule has 0 saturated heterocycles. The Balaban J connectivity index is 2.68. The molecule has 0 spiro atoms. The third-order valence-corrected chi connectivity index (χ3v) is 2.57. The Labute approximate surface area is 97.2 Å². The fourth-order valence-electron chi connectivity index (χ4n) is 1.78. The topological polar surface area (TPSA) is 89.4 Å². The third-order valence-electron chi connectivity index (χ3n) is 2.57. The zero-order chi connectivity index (χ0) is 12.6. The van der Waals surface area contributed by atoms with Crippen molar-refractivity contribution in [3.05, 3.63) is 22.8 Å². The maximum absolute atomic E-state index is 11.2. The van der Waals surface area contributed by atoms with Gasteiger partial charge in [-0.1, -0.05) is 17.2 Å². The summed E-state index contributed by atoms with van der Waals surface area (Å²) in [6.07, 6.45) is 0.470. The number of aromatic carboxylic acids is 1. The second kappa shape index (κ2) is 4.04. The highest BCUT2D eigenvalue weighted by Gasteiger charge is 2.26. The molecule has 0 fully saturated rings. The number of aryl methyl sites for hydroxylation is 3. The third kappa shape index (κ3) is 1.71. The van der Waals surface area contributed by atoms with Crippen molar-refractivity contribution in [2.45, 2.75) is 27.2 Å². The van der Waals surface area contributed by atoms with E-state index in [-0.39, 0.29) is 11.3 Å². The Kier molecular flexibility index (Phi) is 2.71. The monoisotopic (exact) mass is 236 g/mol. The summed E-state index contributed by atoms with van der Waals surface area (Å²) in [5.74, 6) is -0.174. The molecule has 2 heterocycles. The lowest BCUT2D eigenvalue weighted by molar-refractivity contribution is 0.0695. The molecule has 6 heteroatoms. The van der Waals surface area contributed by atoms with E-state index in [9.17, 15) is 9.90 Å². The Morgan fingerprint density at radius 1 is 1.29 bits per heavy atom. The molecule has 0 bridgehead atoms. The van der Waals surface area contributed by atoms with Crippen molar-refractivity contribution in [2.24, 2.45) is 0 Å². The average Bonchev–Trinajstić information content (AvgIpc) is 2.82. The summed E-state index contributed by atoms with van der Waals surface area (Å²) in [5, 5.41) is 16.8. The number of carbonyl (C=O) groups is 1. The van der Waals surface area contributed by atoms with Gasteiger partial charge in [0.2, 0.25) is 0 Å². The molecule has 1 N–H and O–H groups in total. The highest BCUT2D eigenvalue weighted by Crippen LogP contribution is 2.30. The summed E-state index contributed by atoms with van der Waals surface area (Å²) in [5.41, 5.74) is 1.55. The molecule has 0 atom stereocenters. The number of hydrogen-bond acceptors (Lipinski definition) is 5. The Morgan fingerprint density at radius 2 is 2.00 bits per heavy atom. The lowest BCUT2D eigenvalue weighted by Gasteiger charge is -1.96. The van der Waals surface area contributed by atoms with Gasteiger partial charge in [0.05, 0.1) is 11.3 Å². The zero-order valence-corrected chi connectivity index (χ0v) is 9.77. The van der Waals surface area contributed by atoms with Crippen molar-refractivity contribution in [1.29, 1.82) is 0 Å². The van der Waals surface area contributed by atoms with Crippen LogP contribution in [0.3, 0.4) is 0 Å². The van der Waals surface area contributed by atoms with Crippen molar-refractivity contribution in [1.82, 2.24) is 10.3 Å². The highest BCUT2D eigenvalue weighted by molar-refractivity contribution is 5.96. The van der Waals surface area contributed by atoms with Gasteiger partial charge in [0.25, 0.3) is 0 Å². The average molecular weight is 236 g/mol. The molecule has 0 amide bonds. The lowest BCUT2D eigenvalue weighted by atomic mass is 10.0. The summed E-state index contributed by atoms with van der Waals surface area (Å²) in [4.78, 5) is 11.2. The minimum absolute atomic E-state index is 0.0851. The van der Waals surface area contributed by atoms with E-state index < -0.39 is 5.97 Å². The molecule has 2 rings (SSSR count). The first-order valence-corrected chi connectivity index (χ1v) is 5.21. The molecule has 0 saturated carbocycles. The van der Waals surface area contributed by atoms with E-state index >= 15 is 0 Å². The molecule has 2 aromatic heterocycles. The number of hydrogen-bond donors (Lipinski definition) is 1. The minimum Gasteiger partial charge on any atom is -0.477 e. The fraction of sp³-hybridized carbons (Fsp3) is 0.364. The molecule has 17 heavy (non-hydrogen) atoms. The van der Waals surface area contributed by atoms with Crippen LogP contribution in [0.15, 0.2) is 9.05 Å². The van der Waals surface area contributed by atoms with E-state index in [0.29, 0.717) is 29.2 Å². The molecular formula is C11H12N2O4. The van der Waals surface area contributed by atoms with E-state index in [4.69, 9.17) is 9.05 Å². The summed E-state index contributed by atoms with van der Waals surface area (Å²) in [6, 6.07) is 0. The number of aromatic nitrogens is 2. The number of rotatable bonds is 3. The van der Waals surface area contributed by atoms with Gasteiger partial charge in [-0.25, -0.2) is 4.79 Å². The van der Waals surface area contributed by atoms with Crippen LogP contribution in [-0.4, -0.2) is 21.4 Å². The molecule has 6 nitrogen and oxygen atoms in total. The van der Waals surface area contributed by atoms with Gasteiger partial charge in [-0.05, 0) is 13.8 Å². The standard InChI is InChI=1S/C11H12N2O4/c1-4-7-9(11(14)15)10(13-17-7)8-5(2)12-16-6(8)3/h4H2,1-3H3,(H,14,15). The van der Waals surface area contributed by atoms with Crippen LogP contribution < -0.4 is 0 Å². The molecule has 2 aromatic rings. The van der Waals surface area contributed by atoms with Crippen LogP contribution in [0.1, 0.15) is 34.5 Å². The largest absolute Gasteiger partial charge is 0.477 e. The maximum atomic E-state index is 11.2. The maximum Gasteiger partial charge on any atom is 0.341 e. The van der Waals surface area contributed by atoms with Gasteiger partial charge < -0.3 is 14.2 Å². The van der Waals surface area contributed by atoms with Gasteiger partial charge >= 0.3 is 5.97 Å². The van der Waals surface area contributed by atoms with E-state index in [2.05, 4.69) is 10.3 Å². The lowest BCUT2D eigenvalue weighted by Crippen LogP contribution is -2.01. The summed E-state index contributed by atoms with van der Waals surface area (Å²) in [6.45, 7) is 5.25. The van der Waals surface area contributed by atoms with Gasteiger partial charge in [-0.15, -0.1) is 0 Å². The Morgan fingerprint density at radius 3 is 2.47 bits per heavy atom. The number of carboxylic acids is 1. The molecule has 0 unspecified atom stereocenters. The Hall–Kier alpha value is -2.11. The van der Waals surface area contributed by atoms with E-state index in [1.807, 2.05) is 6.92 Å². The van der Waals surface area contributed by atoms with Gasteiger partial charge in [-0.3, -0.25) is 0 Å². The summed E-state index contributed by atoms with van der Waals surface area (Å²) in [7, 11) is 0. The molecular weight excluding hydrogens is 224 g/mol. The van der Waals surface area contributed by atoms with Crippen molar-refractivity contribution in [2.75, 3.05) is 0 Å². The van der Waals surface area contributed by atoms with Crippen molar-refractivity contribution < 1.29 is 18.9 Å². The van der Waals surface area contributed by atoms with Crippen LogP contribution in [-0.2, 0) is 6.42 Å².